The van der Waals surface area contributed by atoms with Crippen molar-refractivity contribution < 1.29 is 9.21 Å². The summed E-state index contributed by atoms with van der Waals surface area (Å²) >= 11 is 0. The summed E-state index contributed by atoms with van der Waals surface area (Å²) in [6.45, 7) is 2.45. The number of hydrogen-bond acceptors (Lipinski definition) is 5. The fourth-order valence-electron chi connectivity index (χ4n) is 1.20. The highest BCUT2D eigenvalue weighted by Crippen LogP contribution is 2.18. The van der Waals surface area contributed by atoms with Crippen LogP contribution in [0.3, 0.4) is 0 Å². The minimum Gasteiger partial charge on any atom is -0.424 e. The third-order valence-electron chi connectivity index (χ3n) is 2.07. The molecule has 2 N–H and O–H groups in total. The molecule has 1 saturated carbocycles. The molecule has 82 valence electrons. The Balaban J connectivity index is 1.63. The van der Waals surface area contributed by atoms with E-state index in [9.17, 15) is 4.79 Å². The molecule has 1 aliphatic carbocycles. The Bertz CT molecular complexity index is 346. The topological polar surface area (TPSA) is 80.0 Å². The molecule has 6 heteroatoms. The van der Waals surface area contributed by atoms with Crippen molar-refractivity contribution in [1.82, 2.24) is 20.8 Å². The van der Waals surface area contributed by atoms with E-state index in [0.29, 0.717) is 24.4 Å². The van der Waals surface area contributed by atoms with Crippen LogP contribution < -0.4 is 10.6 Å². The second-order valence-corrected chi connectivity index (χ2v) is 3.66. The van der Waals surface area contributed by atoms with Crippen LogP contribution in [0.15, 0.2) is 4.42 Å². The number of carbonyl (C=O) groups is 1. The molecule has 0 unspecified atom stereocenters. The fraction of sp³-hybridized carbons (Fsp3) is 0.667. The van der Waals surface area contributed by atoms with Crippen molar-refractivity contribution in [2.45, 2.75) is 32.4 Å². The van der Waals surface area contributed by atoms with E-state index in [-0.39, 0.29) is 12.5 Å². The van der Waals surface area contributed by atoms with E-state index >= 15 is 0 Å². The highest BCUT2D eigenvalue weighted by molar-refractivity contribution is 5.78. The van der Waals surface area contributed by atoms with Gasteiger partial charge >= 0.3 is 0 Å². The minimum absolute atomic E-state index is 0.0220. The zero-order valence-corrected chi connectivity index (χ0v) is 8.62. The first-order valence-corrected chi connectivity index (χ1v) is 5.03. The van der Waals surface area contributed by atoms with Gasteiger partial charge in [0, 0.05) is 13.0 Å². The van der Waals surface area contributed by atoms with E-state index in [4.69, 9.17) is 4.42 Å². The Labute approximate surface area is 87.4 Å². The number of hydrogen-bond donors (Lipinski definition) is 2. The molecule has 1 fully saturated rings. The maximum absolute atomic E-state index is 11.2. The molecule has 1 amide bonds. The molecule has 1 aliphatic rings. The molecule has 0 spiro atoms. The molecule has 0 radical (unpaired) electrons. The number of aryl methyl sites for hydroxylation is 1. The summed E-state index contributed by atoms with van der Waals surface area (Å²) in [5, 5.41) is 13.3. The van der Waals surface area contributed by atoms with Crippen LogP contribution >= 0.6 is 0 Å². The van der Waals surface area contributed by atoms with E-state index in [1.165, 1.54) is 0 Å². The Kier molecular flexibility index (Phi) is 2.96. The van der Waals surface area contributed by atoms with Crippen LogP contribution in [0.25, 0.3) is 0 Å². The number of nitrogens with zero attached hydrogens (tertiary/aromatic N) is 2. The van der Waals surface area contributed by atoms with Gasteiger partial charge in [-0.05, 0) is 12.8 Å². The first-order valence-electron chi connectivity index (χ1n) is 5.03. The monoisotopic (exact) mass is 210 g/mol. The van der Waals surface area contributed by atoms with Gasteiger partial charge in [0.25, 0.3) is 0 Å². The summed E-state index contributed by atoms with van der Waals surface area (Å²) in [7, 11) is 0. The molecule has 0 aliphatic heterocycles. The Hall–Kier alpha value is -1.43. The Morgan fingerprint density at radius 1 is 1.53 bits per heavy atom. The predicted octanol–water partition coefficient (Wildman–Crippen LogP) is -0.254. The van der Waals surface area contributed by atoms with Gasteiger partial charge in [-0.2, -0.15) is 0 Å². The van der Waals surface area contributed by atoms with Gasteiger partial charge in [0.15, 0.2) is 0 Å². The average Bonchev–Trinajstić information content (AvgIpc) is 2.89. The van der Waals surface area contributed by atoms with Crippen molar-refractivity contribution in [2.75, 3.05) is 6.54 Å². The summed E-state index contributed by atoms with van der Waals surface area (Å²) < 4.78 is 5.14. The smallest absolute Gasteiger partial charge is 0.234 e. The van der Waals surface area contributed by atoms with Crippen LogP contribution in [0, 0.1) is 6.92 Å². The van der Waals surface area contributed by atoms with E-state index in [1.807, 2.05) is 0 Å². The van der Waals surface area contributed by atoms with Crippen LogP contribution in [0.5, 0.6) is 0 Å². The molecule has 0 saturated heterocycles. The van der Waals surface area contributed by atoms with Gasteiger partial charge in [0.2, 0.25) is 17.7 Å². The van der Waals surface area contributed by atoms with Crippen LogP contribution in [-0.2, 0) is 11.3 Å². The maximum atomic E-state index is 11.2. The quantitative estimate of drug-likeness (QED) is 0.700. The van der Waals surface area contributed by atoms with E-state index in [0.717, 1.165) is 12.8 Å². The Morgan fingerprint density at radius 3 is 2.93 bits per heavy atom. The molecule has 6 nitrogen and oxygen atoms in total. The van der Waals surface area contributed by atoms with Crippen molar-refractivity contribution in [3.05, 3.63) is 11.8 Å². The summed E-state index contributed by atoms with van der Waals surface area (Å²) in [6, 6.07) is 0.407. The van der Waals surface area contributed by atoms with Gasteiger partial charge in [-0.3, -0.25) is 10.1 Å². The third-order valence-corrected chi connectivity index (χ3v) is 2.07. The van der Waals surface area contributed by atoms with Gasteiger partial charge in [0.05, 0.1) is 13.1 Å². The second kappa shape index (κ2) is 4.39. The highest BCUT2D eigenvalue weighted by atomic mass is 16.4. The minimum atomic E-state index is 0.0220. The lowest BCUT2D eigenvalue weighted by Gasteiger charge is -2.02. The van der Waals surface area contributed by atoms with Gasteiger partial charge in [-0.25, -0.2) is 0 Å². The molecule has 2 rings (SSSR count). The zero-order chi connectivity index (χ0) is 10.7. The maximum Gasteiger partial charge on any atom is 0.234 e. The molecule has 1 aromatic rings. The van der Waals surface area contributed by atoms with Crippen LogP contribution in [0.1, 0.15) is 24.6 Å². The first kappa shape index (κ1) is 10.1. The largest absolute Gasteiger partial charge is 0.424 e. The molecule has 0 atom stereocenters. The summed E-state index contributed by atoms with van der Waals surface area (Å²) in [6.07, 6.45) is 2.21. The highest BCUT2D eigenvalue weighted by Gasteiger charge is 2.22. The van der Waals surface area contributed by atoms with Gasteiger partial charge in [0.1, 0.15) is 0 Å². The number of amides is 1. The molecule has 0 aromatic carbocycles. The SMILES string of the molecule is Cc1nnc(CNCC(=O)NC2CC2)o1. The van der Waals surface area contributed by atoms with Crippen LogP contribution in [0.4, 0.5) is 0 Å². The van der Waals surface area contributed by atoms with Crippen LogP contribution in [-0.4, -0.2) is 28.7 Å². The standard InChI is InChI=1S/C9H14N4O2/c1-6-12-13-9(15-6)5-10-4-8(14)11-7-2-3-7/h7,10H,2-5H2,1H3,(H,11,14). The normalized spacial score (nSPS) is 15.3. The van der Waals surface area contributed by atoms with E-state index in [2.05, 4.69) is 20.8 Å². The third kappa shape index (κ3) is 3.32. The average molecular weight is 210 g/mol. The summed E-state index contributed by atoms with van der Waals surface area (Å²) in [4.78, 5) is 11.2. The van der Waals surface area contributed by atoms with E-state index < -0.39 is 0 Å². The second-order valence-electron chi connectivity index (χ2n) is 3.66. The van der Waals surface area contributed by atoms with Crippen molar-refractivity contribution in [3.63, 3.8) is 0 Å². The summed E-state index contributed by atoms with van der Waals surface area (Å²) in [5.74, 6) is 1.06. The number of carbonyl (C=O) groups excluding carboxylic acids is 1. The molecule has 1 heterocycles. The number of nitrogens with one attached hydrogen (secondary N) is 2. The van der Waals surface area contributed by atoms with Gasteiger partial charge in [-0.15, -0.1) is 10.2 Å². The zero-order valence-electron chi connectivity index (χ0n) is 8.62. The first-order chi connectivity index (χ1) is 7.24. The van der Waals surface area contributed by atoms with Gasteiger partial charge in [-0.1, -0.05) is 0 Å². The lowest BCUT2D eigenvalue weighted by atomic mass is 10.5. The van der Waals surface area contributed by atoms with E-state index in [1.54, 1.807) is 6.92 Å². The van der Waals surface area contributed by atoms with Crippen molar-refractivity contribution in [2.24, 2.45) is 0 Å². The number of rotatable bonds is 5. The van der Waals surface area contributed by atoms with Crippen LogP contribution in [0.2, 0.25) is 0 Å². The molecule has 15 heavy (non-hydrogen) atoms. The molecular weight excluding hydrogens is 196 g/mol. The Morgan fingerprint density at radius 2 is 2.33 bits per heavy atom. The summed E-state index contributed by atoms with van der Waals surface area (Å²) in [5.41, 5.74) is 0. The molecule has 1 aromatic heterocycles. The molecule has 0 bridgehead atoms. The van der Waals surface area contributed by atoms with Crippen molar-refractivity contribution in [1.29, 1.82) is 0 Å². The number of aromatic nitrogens is 2. The molecular formula is C9H14N4O2. The lowest BCUT2D eigenvalue weighted by molar-refractivity contribution is -0.120. The van der Waals surface area contributed by atoms with Gasteiger partial charge < -0.3 is 9.73 Å². The fourth-order valence-corrected chi connectivity index (χ4v) is 1.20. The predicted molar refractivity (Wildman–Crippen MR) is 51.9 cm³/mol. The van der Waals surface area contributed by atoms with Crippen molar-refractivity contribution >= 4 is 5.91 Å². The lowest BCUT2D eigenvalue weighted by Crippen LogP contribution is -2.34. The van der Waals surface area contributed by atoms with Crippen molar-refractivity contribution in [3.8, 4) is 0 Å².